The molecule has 4 heteroatoms. The number of carbonyl (C=O) groups is 1. The van der Waals surface area contributed by atoms with Crippen molar-refractivity contribution in [1.29, 1.82) is 0 Å². The van der Waals surface area contributed by atoms with E-state index < -0.39 is 5.91 Å². The van der Waals surface area contributed by atoms with E-state index in [9.17, 15) is 4.79 Å². The number of aliphatic hydroxyl groups excluding tert-OH is 1. The molecule has 0 unspecified atom stereocenters. The number of hydrogen-bond acceptors (Lipinski definition) is 2. The third kappa shape index (κ3) is 2.77. The Balaban J connectivity index is 3.08. The van der Waals surface area contributed by atoms with E-state index in [2.05, 4.69) is 11.8 Å². The molecule has 14 heavy (non-hydrogen) atoms. The predicted molar refractivity (Wildman–Crippen MR) is 53.4 cm³/mol. The molecule has 0 fully saturated rings. The zero-order chi connectivity index (χ0) is 10.6. The highest BCUT2D eigenvalue weighted by Gasteiger charge is 1.98. The second-order valence-corrected chi connectivity index (χ2v) is 2.99. The molecule has 0 aliphatic heterocycles. The minimum Gasteiger partial charge on any atom is -0.392 e. The molecular formula is C10H8ClNO2. The van der Waals surface area contributed by atoms with Crippen LogP contribution in [0.25, 0.3) is 0 Å². The van der Waals surface area contributed by atoms with Gasteiger partial charge in [-0.3, -0.25) is 4.79 Å². The van der Waals surface area contributed by atoms with Gasteiger partial charge in [0.05, 0.1) is 11.6 Å². The normalized spacial score (nSPS) is 9.00. The van der Waals surface area contributed by atoms with Crippen LogP contribution in [0.2, 0.25) is 5.02 Å². The van der Waals surface area contributed by atoms with Gasteiger partial charge in [0, 0.05) is 11.5 Å². The SMILES string of the molecule is NC(=O)C#Cc1cc(CO)ccc1Cl. The minimum absolute atomic E-state index is 0.0948. The first-order valence-electron chi connectivity index (χ1n) is 3.84. The molecule has 1 aromatic rings. The molecule has 0 aliphatic carbocycles. The van der Waals surface area contributed by atoms with Crippen molar-refractivity contribution in [2.45, 2.75) is 6.61 Å². The van der Waals surface area contributed by atoms with Crippen molar-refractivity contribution < 1.29 is 9.90 Å². The standard InChI is InChI=1S/C10H8ClNO2/c11-9-3-1-7(6-13)5-8(9)2-4-10(12)14/h1,3,5,13H,6H2,(H2,12,14). The summed E-state index contributed by atoms with van der Waals surface area (Å²) < 4.78 is 0. The van der Waals surface area contributed by atoms with Crippen molar-refractivity contribution in [1.82, 2.24) is 0 Å². The summed E-state index contributed by atoms with van der Waals surface area (Å²) in [5.74, 6) is 3.98. The zero-order valence-electron chi connectivity index (χ0n) is 7.25. The van der Waals surface area contributed by atoms with Crippen LogP contribution in [0.3, 0.4) is 0 Å². The van der Waals surface area contributed by atoms with Gasteiger partial charge in [-0.15, -0.1) is 0 Å². The van der Waals surface area contributed by atoms with Gasteiger partial charge in [0.2, 0.25) is 0 Å². The minimum atomic E-state index is -0.713. The van der Waals surface area contributed by atoms with Crippen molar-refractivity contribution in [3.05, 3.63) is 34.3 Å². The third-order valence-electron chi connectivity index (χ3n) is 1.53. The van der Waals surface area contributed by atoms with E-state index in [-0.39, 0.29) is 6.61 Å². The molecule has 0 bridgehead atoms. The van der Waals surface area contributed by atoms with Gasteiger partial charge in [0.25, 0.3) is 5.91 Å². The number of carbonyl (C=O) groups excluding carboxylic acids is 1. The maximum Gasteiger partial charge on any atom is 0.293 e. The topological polar surface area (TPSA) is 63.3 Å². The lowest BCUT2D eigenvalue weighted by molar-refractivity contribution is -0.112. The Morgan fingerprint density at radius 1 is 1.57 bits per heavy atom. The molecule has 0 radical (unpaired) electrons. The fourth-order valence-corrected chi connectivity index (χ4v) is 1.06. The van der Waals surface area contributed by atoms with Gasteiger partial charge in [-0.05, 0) is 17.7 Å². The molecule has 3 N–H and O–H groups in total. The largest absolute Gasteiger partial charge is 0.392 e. The first kappa shape index (κ1) is 10.6. The summed E-state index contributed by atoms with van der Waals surface area (Å²) in [6.07, 6.45) is 0. The number of primary amides is 1. The molecule has 0 aliphatic rings. The van der Waals surface area contributed by atoms with Gasteiger partial charge >= 0.3 is 0 Å². The van der Waals surface area contributed by atoms with Crippen LogP contribution in [-0.4, -0.2) is 11.0 Å². The van der Waals surface area contributed by atoms with Crippen LogP contribution in [0.4, 0.5) is 0 Å². The van der Waals surface area contributed by atoms with Crippen molar-refractivity contribution in [2.75, 3.05) is 0 Å². The fraction of sp³-hybridized carbons (Fsp3) is 0.100. The van der Waals surface area contributed by atoms with E-state index in [0.717, 1.165) is 0 Å². The number of hydrogen-bond donors (Lipinski definition) is 2. The van der Waals surface area contributed by atoms with Crippen molar-refractivity contribution in [3.63, 3.8) is 0 Å². The summed E-state index contributed by atoms with van der Waals surface area (Å²) in [6, 6.07) is 4.90. The maximum absolute atomic E-state index is 10.4. The monoisotopic (exact) mass is 209 g/mol. The Kier molecular flexibility index (Phi) is 3.52. The van der Waals surface area contributed by atoms with Crippen LogP contribution >= 0.6 is 11.6 Å². The molecule has 72 valence electrons. The number of nitrogens with two attached hydrogens (primary N) is 1. The maximum atomic E-state index is 10.4. The lowest BCUT2D eigenvalue weighted by Gasteiger charge is -1.98. The second-order valence-electron chi connectivity index (χ2n) is 2.59. The molecule has 3 nitrogen and oxygen atoms in total. The lowest BCUT2D eigenvalue weighted by atomic mass is 10.1. The highest BCUT2D eigenvalue weighted by molar-refractivity contribution is 6.31. The molecule has 0 aromatic heterocycles. The van der Waals surface area contributed by atoms with Crippen LogP contribution in [0.15, 0.2) is 18.2 Å². The summed E-state index contributed by atoms with van der Waals surface area (Å²) >= 11 is 5.80. The van der Waals surface area contributed by atoms with E-state index in [1.807, 2.05) is 0 Å². The Bertz CT molecular complexity index is 418. The summed E-state index contributed by atoms with van der Waals surface area (Å²) in [5, 5.41) is 9.27. The van der Waals surface area contributed by atoms with Gasteiger partial charge in [0.15, 0.2) is 0 Å². The molecule has 1 aromatic carbocycles. The van der Waals surface area contributed by atoms with Crippen molar-refractivity contribution in [2.24, 2.45) is 5.73 Å². The van der Waals surface area contributed by atoms with Crippen LogP contribution in [-0.2, 0) is 11.4 Å². The average molecular weight is 210 g/mol. The number of amides is 1. The molecule has 1 amide bonds. The summed E-state index contributed by atoms with van der Waals surface area (Å²) in [6.45, 7) is -0.0948. The van der Waals surface area contributed by atoms with Crippen LogP contribution in [0.1, 0.15) is 11.1 Å². The number of benzene rings is 1. The number of aliphatic hydroxyl groups is 1. The van der Waals surface area contributed by atoms with E-state index >= 15 is 0 Å². The first-order chi connectivity index (χ1) is 6.63. The van der Waals surface area contributed by atoms with Crippen molar-refractivity contribution in [3.8, 4) is 11.8 Å². The molecule has 1 rings (SSSR count). The van der Waals surface area contributed by atoms with Gasteiger partial charge in [-0.1, -0.05) is 23.6 Å². The van der Waals surface area contributed by atoms with E-state index in [4.69, 9.17) is 22.4 Å². The smallest absolute Gasteiger partial charge is 0.293 e. The van der Waals surface area contributed by atoms with Gasteiger partial charge < -0.3 is 10.8 Å². The Hall–Kier alpha value is -1.50. The van der Waals surface area contributed by atoms with Crippen molar-refractivity contribution >= 4 is 17.5 Å². The molecule has 0 heterocycles. The Morgan fingerprint density at radius 3 is 2.86 bits per heavy atom. The molecular weight excluding hydrogens is 202 g/mol. The van der Waals surface area contributed by atoms with Gasteiger partial charge in [-0.25, -0.2) is 0 Å². The van der Waals surface area contributed by atoms with E-state index in [1.165, 1.54) is 0 Å². The quantitative estimate of drug-likeness (QED) is 0.668. The van der Waals surface area contributed by atoms with Crippen LogP contribution in [0, 0.1) is 11.8 Å². The Morgan fingerprint density at radius 2 is 2.29 bits per heavy atom. The number of halogens is 1. The Labute approximate surface area is 86.5 Å². The molecule has 0 saturated heterocycles. The van der Waals surface area contributed by atoms with Crippen LogP contribution < -0.4 is 5.73 Å². The highest BCUT2D eigenvalue weighted by atomic mass is 35.5. The summed E-state index contributed by atoms with van der Waals surface area (Å²) in [5.41, 5.74) is 6.02. The number of rotatable bonds is 1. The lowest BCUT2D eigenvalue weighted by Crippen LogP contribution is -2.06. The summed E-state index contributed by atoms with van der Waals surface area (Å²) in [7, 11) is 0. The van der Waals surface area contributed by atoms with E-state index in [0.29, 0.717) is 16.1 Å². The average Bonchev–Trinajstić information content (AvgIpc) is 2.16. The summed E-state index contributed by atoms with van der Waals surface area (Å²) in [4.78, 5) is 10.4. The highest BCUT2D eigenvalue weighted by Crippen LogP contribution is 2.16. The van der Waals surface area contributed by atoms with E-state index in [1.54, 1.807) is 18.2 Å². The van der Waals surface area contributed by atoms with Gasteiger partial charge in [0.1, 0.15) is 0 Å². The molecule has 0 spiro atoms. The van der Waals surface area contributed by atoms with Gasteiger partial charge in [-0.2, -0.15) is 0 Å². The zero-order valence-corrected chi connectivity index (χ0v) is 8.01. The predicted octanol–water partition coefficient (Wildman–Crippen LogP) is 0.669. The van der Waals surface area contributed by atoms with Crippen LogP contribution in [0.5, 0.6) is 0 Å². The third-order valence-corrected chi connectivity index (χ3v) is 1.86. The molecule has 0 saturated carbocycles. The fourth-order valence-electron chi connectivity index (χ4n) is 0.896. The first-order valence-corrected chi connectivity index (χ1v) is 4.22. The molecule has 0 atom stereocenters. The second kappa shape index (κ2) is 4.66.